The van der Waals surface area contributed by atoms with E-state index in [0.717, 1.165) is 17.5 Å². The molecule has 1 aromatic rings. The van der Waals surface area contributed by atoms with Crippen LogP contribution in [0.5, 0.6) is 0 Å². The zero-order valence-electron chi connectivity index (χ0n) is 11.6. The van der Waals surface area contributed by atoms with Crippen LogP contribution in [0.2, 0.25) is 0 Å². The molecule has 5 heteroatoms. The summed E-state index contributed by atoms with van der Waals surface area (Å²) in [6.07, 6.45) is 0.727. The minimum absolute atomic E-state index is 0.0429. The fraction of sp³-hybridized carbons (Fsp3) is 0.571. The number of ether oxygens (including phenoxy) is 1. The van der Waals surface area contributed by atoms with Crippen molar-refractivity contribution in [2.45, 2.75) is 36.5 Å². The highest BCUT2D eigenvalue weighted by atomic mass is 32.2. The van der Waals surface area contributed by atoms with Gasteiger partial charge in [0.1, 0.15) is 5.25 Å². The minimum Gasteiger partial charge on any atom is -0.380 e. The number of hydrogen-bond donors (Lipinski definition) is 1. The van der Waals surface area contributed by atoms with Crippen molar-refractivity contribution in [3.8, 4) is 0 Å². The molecule has 2 unspecified atom stereocenters. The maximum atomic E-state index is 12.8. The van der Waals surface area contributed by atoms with E-state index < -0.39 is 15.1 Å². The van der Waals surface area contributed by atoms with E-state index in [2.05, 4.69) is 5.32 Å². The Morgan fingerprint density at radius 3 is 2.74 bits per heavy atom. The first kappa shape index (κ1) is 14.5. The van der Waals surface area contributed by atoms with E-state index in [-0.39, 0.29) is 12.6 Å². The monoisotopic (exact) mass is 283 g/mol. The normalized spacial score (nSPS) is 24.4. The standard InChI is InChI=1S/C14H21NO3S/c1-10-4-5-11(2)13(8-10)19(16,17)14-9-18-7-6-12(14)15-3/h4-5,8,12,14-15H,6-7,9H2,1-3H3. The van der Waals surface area contributed by atoms with Gasteiger partial charge in [0.2, 0.25) is 0 Å². The Morgan fingerprint density at radius 2 is 2.05 bits per heavy atom. The average Bonchev–Trinajstić information content (AvgIpc) is 2.41. The van der Waals surface area contributed by atoms with Crippen LogP contribution >= 0.6 is 0 Å². The van der Waals surface area contributed by atoms with Gasteiger partial charge in [-0.05, 0) is 44.5 Å². The molecular weight excluding hydrogens is 262 g/mol. The molecule has 0 aromatic heterocycles. The van der Waals surface area contributed by atoms with E-state index in [0.29, 0.717) is 11.5 Å². The first-order chi connectivity index (χ1) is 8.96. The van der Waals surface area contributed by atoms with Crippen LogP contribution in [0.15, 0.2) is 23.1 Å². The number of aryl methyl sites for hydroxylation is 2. The Balaban J connectivity index is 2.43. The van der Waals surface area contributed by atoms with Crippen LogP contribution < -0.4 is 5.32 Å². The third-order valence-corrected chi connectivity index (χ3v) is 6.04. The Morgan fingerprint density at radius 1 is 1.32 bits per heavy atom. The van der Waals surface area contributed by atoms with Gasteiger partial charge in [0, 0.05) is 12.6 Å². The minimum atomic E-state index is -3.36. The smallest absolute Gasteiger partial charge is 0.185 e. The summed E-state index contributed by atoms with van der Waals surface area (Å²) >= 11 is 0. The van der Waals surface area contributed by atoms with Crippen molar-refractivity contribution in [3.05, 3.63) is 29.3 Å². The van der Waals surface area contributed by atoms with E-state index in [1.165, 1.54) is 0 Å². The fourth-order valence-corrected chi connectivity index (χ4v) is 4.70. The van der Waals surface area contributed by atoms with Crippen LogP contribution in [0.1, 0.15) is 17.5 Å². The predicted octanol–water partition coefficient (Wildman–Crippen LogP) is 1.45. The summed E-state index contributed by atoms with van der Waals surface area (Å²) in [5.74, 6) is 0. The van der Waals surface area contributed by atoms with Gasteiger partial charge in [-0.1, -0.05) is 12.1 Å². The van der Waals surface area contributed by atoms with Gasteiger partial charge in [0.05, 0.1) is 11.5 Å². The molecule has 0 aliphatic carbocycles. The van der Waals surface area contributed by atoms with Crippen molar-refractivity contribution in [1.82, 2.24) is 5.32 Å². The van der Waals surface area contributed by atoms with Crippen molar-refractivity contribution in [2.24, 2.45) is 0 Å². The quantitative estimate of drug-likeness (QED) is 0.912. The molecule has 4 nitrogen and oxygen atoms in total. The van der Waals surface area contributed by atoms with Crippen LogP contribution in [0.25, 0.3) is 0 Å². The van der Waals surface area contributed by atoms with Crippen LogP contribution in [0.4, 0.5) is 0 Å². The molecule has 1 saturated heterocycles. The van der Waals surface area contributed by atoms with E-state index in [4.69, 9.17) is 4.74 Å². The molecule has 19 heavy (non-hydrogen) atoms. The lowest BCUT2D eigenvalue weighted by Crippen LogP contribution is -2.49. The lowest BCUT2D eigenvalue weighted by Gasteiger charge is -2.31. The molecule has 1 aliphatic heterocycles. The van der Waals surface area contributed by atoms with Gasteiger partial charge in [-0.2, -0.15) is 0 Å². The molecule has 0 spiro atoms. The maximum Gasteiger partial charge on any atom is 0.185 e. The van der Waals surface area contributed by atoms with Gasteiger partial charge in [-0.15, -0.1) is 0 Å². The van der Waals surface area contributed by atoms with Gasteiger partial charge >= 0.3 is 0 Å². The third kappa shape index (κ3) is 2.83. The Kier molecular flexibility index (Phi) is 4.28. The molecule has 0 bridgehead atoms. The second-order valence-electron chi connectivity index (χ2n) is 5.11. The SMILES string of the molecule is CNC1CCOCC1S(=O)(=O)c1cc(C)ccc1C. The summed E-state index contributed by atoms with van der Waals surface area (Å²) in [6, 6.07) is 5.51. The molecule has 1 N–H and O–H groups in total. The molecular formula is C14H21NO3S. The van der Waals surface area contributed by atoms with Crippen LogP contribution in [0, 0.1) is 13.8 Å². The maximum absolute atomic E-state index is 12.8. The van der Waals surface area contributed by atoms with E-state index in [9.17, 15) is 8.42 Å². The number of benzene rings is 1. The van der Waals surface area contributed by atoms with Crippen molar-refractivity contribution >= 4 is 9.84 Å². The molecule has 106 valence electrons. The van der Waals surface area contributed by atoms with Crippen LogP contribution in [-0.4, -0.2) is 40.0 Å². The number of nitrogens with one attached hydrogen (secondary N) is 1. The van der Waals surface area contributed by atoms with E-state index in [1.54, 1.807) is 6.07 Å². The largest absolute Gasteiger partial charge is 0.380 e. The Hall–Kier alpha value is -0.910. The molecule has 0 amide bonds. The predicted molar refractivity (Wildman–Crippen MR) is 75.2 cm³/mol. The first-order valence-electron chi connectivity index (χ1n) is 6.53. The zero-order chi connectivity index (χ0) is 14.0. The van der Waals surface area contributed by atoms with Gasteiger partial charge in [-0.3, -0.25) is 0 Å². The summed E-state index contributed by atoms with van der Waals surface area (Å²) in [5.41, 5.74) is 1.76. The Labute approximate surface area is 115 Å². The molecule has 1 heterocycles. The van der Waals surface area contributed by atoms with Crippen molar-refractivity contribution in [1.29, 1.82) is 0 Å². The van der Waals surface area contributed by atoms with Crippen LogP contribution in [0.3, 0.4) is 0 Å². The van der Waals surface area contributed by atoms with E-state index in [1.807, 2.05) is 33.0 Å². The second-order valence-corrected chi connectivity index (χ2v) is 7.25. The second kappa shape index (κ2) is 5.61. The molecule has 1 aromatic carbocycles. The first-order valence-corrected chi connectivity index (χ1v) is 8.07. The van der Waals surface area contributed by atoms with Crippen LogP contribution in [-0.2, 0) is 14.6 Å². The number of sulfone groups is 1. The Bertz CT molecular complexity index is 554. The van der Waals surface area contributed by atoms with Crippen molar-refractivity contribution < 1.29 is 13.2 Å². The lowest BCUT2D eigenvalue weighted by atomic mass is 10.1. The fourth-order valence-electron chi connectivity index (χ4n) is 2.52. The van der Waals surface area contributed by atoms with Crippen molar-refractivity contribution in [2.75, 3.05) is 20.3 Å². The highest BCUT2D eigenvalue weighted by Gasteiger charge is 2.37. The number of rotatable bonds is 3. The lowest BCUT2D eigenvalue weighted by molar-refractivity contribution is 0.0825. The summed E-state index contributed by atoms with van der Waals surface area (Å²) in [4.78, 5) is 0.434. The van der Waals surface area contributed by atoms with E-state index >= 15 is 0 Å². The molecule has 2 atom stereocenters. The molecule has 1 aliphatic rings. The highest BCUT2D eigenvalue weighted by molar-refractivity contribution is 7.92. The summed E-state index contributed by atoms with van der Waals surface area (Å²) in [7, 11) is -1.56. The summed E-state index contributed by atoms with van der Waals surface area (Å²) < 4.78 is 31.0. The highest BCUT2D eigenvalue weighted by Crippen LogP contribution is 2.26. The van der Waals surface area contributed by atoms with Gasteiger partial charge in [0.15, 0.2) is 9.84 Å². The third-order valence-electron chi connectivity index (χ3n) is 3.72. The molecule has 2 rings (SSSR count). The van der Waals surface area contributed by atoms with Crippen molar-refractivity contribution in [3.63, 3.8) is 0 Å². The van der Waals surface area contributed by atoms with Gasteiger partial charge in [-0.25, -0.2) is 8.42 Å². The molecule has 0 radical (unpaired) electrons. The summed E-state index contributed by atoms with van der Waals surface area (Å²) in [6.45, 7) is 4.63. The van der Waals surface area contributed by atoms with Gasteiger partial charge < -0.3 is 10.1 Å². The summed E-state index contributed by atoms with van der Waals surface area (Å²) in [5, 5.41) is 2.60. The topological polar surface area (TPSA) is 55.4 Å². The average molecular weight is 283 g/mol. The zero-order valence-corrected chi connectivity index (χ0v) is 12.5. The molecule has 0 saturated carbocycles. The molecule has 1 fully saturated rings. The number of hydrogen-bond acceptors (Lipinski definition) is 4. The van der Waals surface area contributed by atoms with Gasteiger partial charge in [0.25, 0.3) is 0 Å².